The van der Waals surface area contributed by atoms with E-state index in [2.05, 4.69) is 20.1 Å². The maximum atomic E-state index is 12.9. The molecule has 0 saturated carbocycles. The second-order valence-electron chi connectivity index (χ2n) is 7.41. The Hall–Kier alpha value is -2.91. The second-order valence-corrected chi connectivity index (χ2v) is 7.85. The Kier molecular flexibility index (Phi) is 4.94. The Balaban J connectivity index is 1.37. The quantitative estimate of drug-likeness (QED) is 0.420. The van der Waals surface area contributed by atoms with Gasteiger partial charge in [0.05, 0.1) is 24.2 Å². The lowest BCUT2D eigenvalue weighted by atomic mass is 10.0. The van der Waals surface area contributed by atoms with E-state index in [0.717, 1.165) is 5.56 Å². The van der Waals surface area contributed by atoms with Crippen molar-refractivity contribution in [2.24, 2.45) is 7.05 Å². The fourth-order valence-corrected chi connectivity index (χ4v) is 3.85. The van der Waals surface area contributed by atoms with Crippen LogP contribution in [0, 0.1) is 0 Å². The number of ether oxygens (including phenoxy) is 1. The van der Waals surface area contributed by atoms with Gasteiger partial charge in [-0.25, -0.2) is 9.97 Å². The van der Waals surface area contributed by atoms with Crippen LogP contribution in [0.1, 0.15) is 35.7 Å². The topological polar surface area (TPSA) is 101 Å². The monoisotopic (exact) mass is 432 g/mol. The fraction of sp³-hybridized carbons (Fsp3) is 0.316. The number of benzene rings is 1. The maximum absolute atomic E-state index is 12.9. The highest BCUT2D eigenvalue weighted by atomic mass is 35.5. The van der Waals surface area contributed by atoms with Gasteiger partial charge in [-0.3, -0.25) is 9.36 Å². The predicted molar refractivity (Wildman–Crippen MR) is 114 cm³/mol. The van der Waals surface area contributed by atoms with Crippen LogP contribution in [0.4, 0.5) is 0 Å². The van der Waals surface area contributed by atoms with Crippen LogP contribution in [0.15, 0.2) is 33.6 Å². The van der Waals surface area contributed by atoms with Crippen LogP contribution in [0.2, 0.25) is 5.02 Å². The Morgan fingerprint density at radius 1 is 1.16 bits per heavy atom. The second kappa shape index (κ2) is 7.65. The van der Waals surface area contributed by atoms with Crippen LogP contribution in [0.25, 0.3) is 11.2 Å². The molecule has 12 heteroatoms. The number of rotatable bonds is 4. The van der Waals surface area contributed by atoms with E-state index in [9.17, 15) is 4.79 Å². The van der Waals surface area contributed by atoms with Gasteiger partial charge in [-0.2, -0.15) is 4.98 Å². The molecule has 1 aliphatic heterocycles. The van der Waals surface area contributed by atoms with Crippen molar-refractivity contribution < 1.29 is 9.26 Å². The summed E-state index contributed by atoms with van der Waals surface area (Å²) in [5.74, 6) is 0.747. The first-order valence-corrected chi connectivity index (χ1v) is 9.96. The third kappa shape index (κ3) is 3.57. The van der Waals surface area contributed by atoms with E-state index in [1.165, 1.54) is 9.13 Å². The molecular weight excluding hydrogens is 417 g/mol. The van der Waals surface area contributed by atoms with Crippen molar-refractivity contribution >= 4 is 49.9 Å². The van der Waals surface area contributed by atoms with E-state index in [-0.39, 0.29) is 52.6 Å². The summed E-state index contributed by atoms with van der Waals surface area (Å²) in [4.78, 5) is 25.5. The van der Waals surface area contributed by atoms with Gasteiger partial charge in [0, 0.05) is 18.0 Å². The third-order valence-electron chi connectivity index (χ3n) is 5.44. The molecular formula is C19H15B2ClN6O3. The summed E-state index contributed by atoms with van der Waals surface area (Å²) in [6.45, 7) is 0.454. The van der Waals surface area contributed by atoms with Gasteiger partial charge in [0.1, 0.15) is 6.54 Å². The van der Waals surface area contributed by atoms with Gasteiger partial charge in [0.25, 0.3) is 5.56 Å². The molecule has 9 nitrogen and oxygen atoms in total. The van der Waals surface area contributed by atoms with E-state index in [0.29, 0.717) is 23.9 Å². The molecule has 2 atom stereocenters. The molecule has 0 amide bonds. The summed E-state index contributed by atoms with van der Waals surface area (Å²) in [7, 11) is 13.4. The average Bonchev–Trinajstić information content (AvgIpc) is 3.46. The minimum Gasteiger partial charge on any atom is -0.373 e. The van der Waals surface area contributed by atoms with E-state index in [1.807, 2.05) is 24.3 Å². The number of hydrogen-bond donors (Lipinski definition) is 0. The lowest BCUT2D eigenvalue weighted by Gasteiger charge is -2.09. The van der Waals surface area contributed by atoms with Gasteiger partial charge in [0.15, 0.2) is 32.7 Å². The highest BCUT2D eigenvalue weighted by molar-refractivity contribution is 6.31. The van der Waals surface area contributed by atoms with Crippen molar-refractivity contribution in [2.75, 3.05) is 6.61 Å². The lowest BCUT2D eigenvalue weighted by molar-refractivity contribution is 0.110. The van der Waals surface area contributed by atoms with Crippen molar-refractivity contribution in [3.05, 3.63) is 56.9 Å². The lowest BCUT2D eigenvalue weighted by Crippen LogP contribution is -2.37. The van der Waals surface area contributed by atoms with Crippen LogP contribution in [0.3, 0.4) is 0 Å². The molecule has 0 bridgehead atoms. The summed E-state index contributed by atoms with van der Waals surface area (Å²) >= 11 is 5.95. The number of aromatic nitrogens is 6. The number of aryl methyl sites for hydroxylation is 1. The van der Waals surface area contributed by atoms with Crippen molar-refractivity contribution in [1.82, 2.24) is 29.2 Å². The first-order chi connectivity index (χ1) is 14.9. The SMILES string of the molecule is [B]c1nc2nc([B])n(C)c2c(=O)n1Cc1nc([C@@H]2CO[C@@H](c3ccc(Cl)cc3)C2)no1. The molecule has 4 heterocycles. The summed E-state index contributed by atoms with van der Waals surface area (Å²) in [6.07, 6.45) is 0.647. The normalized spacial score (nSPS) is 18.8. The molecule has 3 aromatic heterocycles. The predicted octanol–water partition coefficient (Wildman–Crippen LogP) is 0.0475. The molecule has 0 spiro atoms. The first kappa shape index (κ1) is 20.0. The smallest absolute Gasteiger partial charge is 0.279 e. The van der Waals surface area contributed by atoms with Crippen LogP contribution in [-0.2, 0) is 18.3 Å². The molecule has 5 rings (SSSR count). The summed E-state index contributed by atoms with van der Waals surface area (Å²) in [5.41, 5.74) is 1.27. The van der Waals surface area contributed by atoms with E-state index < -0.39 is 0 Å². The molecule has 4 radical (unpaired) electrons. The van der Waals surface area contributed by atoms with Gasteiger partial charge in [-0.05, 0) is 24.1 Å². The Morgan fingerprint density at radius 2 is 1.90 bits per heavy atom. The molecule has 1 aromatic carbocycles. The first-order valence-electron chi connectivity index (χ1n) is 9.58. The Bertz CT molecular complexity index is 1330. The van der Waals surface area contributed by atoms with Gasteiger partial charge >= 0.3 is 0 Å². The zero-order valence-corrected chi connectivity index (χ0v) is 17.3. The molecule has 1 aliphatic rings. The van der Waals surface area contributed by atoms with E-state index in [1.54, 1.807) is 7.05 Å². The summed E-state index contributed by atoms with van der Waals surface area (Å²) in [5, 5.41) is 4.76. The molecule has 4 aromatic rings. The number of hydrogen-bond acceptors (Lipinski definition) is 7. The van der Waals surface area contributed by atoms with Crippen molar-refractivity contribution in [3.63, 3.8) is 0 Å². The zero-order valence-electron chi connectivity index (χ0n) is 16.5. The number of fused-ring (bicyclic) bond motifs is 1. The average molecular weight is 432 g/mol. The van der Waals surface area contributed by atoms with Gasteiger partial charge in [0.2, 0.25) is 5.89 Å². The number of nitrogens with zero attached hydrogens (tertiary/aromatic N) is 6. The van der Waals surface area contributed by atoms with Crippen molar-refractivity contribution in [3.8, 4) is 0 Å². The highest BCUT2D eigenvalue weighted by Gasteiger charge is 2.31. The Labute approximate surface area is 184 Å². The molecule has 152 valence electrons. The van der Waals surface area contributed by atoms with Gasteiger partial charge in [-0.15, -0.1) is 0 Å². The number of imidazole rings is 1. The largest absolute Gasteiger partial charge is 0.373 e. The summed E-state index contributed by atoms with van der Waals surface area (Å²) in [6, 6.07) is 7.56. The van der Waals surface area contributed by atoms with E-state index >= 15 is 0 Å². The summed E-state index contributed by atoms with van der Waals surface area (Å²) < 4.78 is 14.0. The molecule has 31 heavy (non-hydrogen) atoms. The molecule has 0 aliphatic carbocycles. The molecule has 0 unspecified atom stereocenters. The molecule has 1 fully saturated rings. The fourth-order valence-electron chi connectivity index (χ4n) is 3.72. The minimum atomic E-state index is -0.388. The highest BCUT2D eigenvalue weighted by Crippen LogP contribution is 2.37. The number of halogens is 1. The van der Waals surface area contributed by atoms with Crippen LogP contribution in [-0.4, -0.2) is 51.5 Å². The van der Waals surface area contributed by atoms with Crippen LogP contribution < -0.4 is 17.0 Å². The Morgan fingerprint density at radius 3 is 2.68 bits per heavy atom. The van der Waals surface area contributed by atoms with Crippen molar-refractivity contribution in [2.45, 2.75) is 25.0 Å². The van der Waals surface area contributed by atoms with Gasteiger partial charge < -0.3 is 13.8 Å². The molecule has 1 saturated heterocycles. The zero-order chi connectivity index (χ0) is 21.7. The van der Waals surface area contributed by atoms with Crippen LogP contribution >= 0.6 is 11.6 Å². The van der Waals surface area contributed by atoms with Gasteiger partial charge in [-0.1, -0.05) is 28.9 Å². The third-order valence-corrected chi connectivity index (χ3v) is 5.69. The maximum Gasteiger partial charge on any atom is 0.279 e. The molecule has 0 N–H and O–H groups in total. The van der Waals surface area contributed by atoms with Crippen molar-refractivity contribution in [1.29, 1.82) is 0 Å². The standard InChI is InChI=1S/C19H15B2ClN6O3/c1-27-14-16(24-18(27)20)25-19(21)28(17(14)29)7-13-23-15(26-31-13)10-6-12(30-8-10)9-2-4-11(22)5-3-9/h2-5,10,12H,6-8H2,1H3/t10-,12+/m0/s1. The van der Waals surface area contributed by atoms with Crippen LogP contribution in [0.5, 0.6) is 0 Å². The minimum absolute atomic E-state index is 0.0117. The van der Waals surface area contributed by atoms with E-state index in [4.69, 9.17) is 36.6 Å².